The van der Waals surface area contributed by atoms with Crippen LogP contribution in [-0.2, 0) is 0 Å². The van der Waals surface area contributed by atoms with Crippen molar-refractivity contribution >= 4 is 28.4 Å². The fraction of sp³-hybridized carbons (Fsp3) is 0. The molecule has 1 aliphatic rings. The van der Waals surface area contributed by atoms with Crippen molar-refractivity contribution < 1.29 is 29.4 Å². The van der Waals surface area contributed by atoms with Crippen LogP contribution in [0.15, 0.2) is 54.9 Å². The van der Waals surface area contributed by atoms with Crippen LogP contribution in [0.5, 0.6) is 11.8 Å². The Morgan fingerprint density at radius 1 is 0.800 bits per heavy atom. The molecule has 2 N–H and O–H groups in total. The first-order valence-corrected chi connectivity index (χ1v) is 8.63. The minimum absolute atomic E-state index is 0.0425. The maximum Gasteiger partial charge on any atom is 0.405 e. The van der Waals surface area contributed by atoms with E-state index in [-0.39, 0.29) is 31.5 Å². The van der Waals surface area contributed by atoms with Crippen LogP contribution in [-0.4, -0.2) is 31.7 Å². The molecule has 1 aliphatic heterocycles. The molecular weight excluding hydrogens is 394 g/mol. The Morgan fingerprint density at radius 2 is 1.30 bits per heavy atom. The molecule has 30 heavy (non-hydrogen) atoms. The molecule has 0 aliphatic carbocycles. The van der Waals surface area contributed by atoms with Gasteiger partial charge in [0, 0.05) is 0 Å². The van der Waals surface area contributed by atoms with Crippen molar-refractivity contribution in [1.29, 1.82) is 0 Å². The van der Waals surface area contributed by atoms with Crippen LogP contribution >= 0.6 is 0 Å². The van der Waals surface area contributed by atoms with Crippen molar-refractivity contribution in [2.45, 2.75) is 0 Å². The van der Waals surface area contributed by atoms with E-state index in [1.807, 2.05) is 0 Å². The second-order valence-electron chi connectivity index (χ2n) is 6.50. The second-order valence-corrected chi connectivity index (χ2v) is 6.50. The zero-order chi connectivity index (χ0) is 21.2. The van der Waals surface area contributed by atoms with Crippen LogP contribution in [0.1, 0.15) is 20.7 Å². The predicted octanol–water partition coefficient (Wildman–Crippen LogP) is 0.504. The quantitative estimate of drug-likeness (QED) is 0.280. The Kier molecular flexibility index (Phi) is 3.43. The summed E-state index contributed by atoms with van der Waals surface area (Å²) in [7, 11) is 0. The van der Waals surface area contributed by atoms with Gasteiger partial charge >= 0.3 is 23.5 Å². The molecule has 148 valence electrons. The Morgan fingerprint density at radius 3 is 1.83 bits per heavy atom. The topological polar surface area (TPSA) is 150 Å². The Balaban J connectivity index is 1.84. The van der Waals surface area contributed by atoms with Gasteiger partial charge in [-0.3, -0.25) is 0 Å². The maximum absolute atomic E-state index is 12.9. The molecule has 3 heterocycles. The Hall–Kier alpha value is -4.67. The third-order valence-electron chi connectivity index (χ3n) is 4.90. The van der Waals surface area contributed by atoms with Crippen molar-refractivity contribution in [3.8, 4) is 17.6 Å². The number of imide groups is 1. The van der Waals surface area contributed by atoms with Gasteiger partial charge in [0.05, 0.1) is 27.0 Å². The van der Waals surface area contributed by atoms with Crippen molar-refractivity contribution in [3.05, 3.63) is 76.4 Å². The van der Waals surface area contributed by atoms with E-state index < -0.39 is 35.2 Å². The number of hydrogen-bond donors (Lipinski definition) is 2. The van der Waals surface area contributed by atoms with Gasteiger partial charge in [-0.2, -0.15) is 4.57 Å². The summed E-state index contributed by atoms with van der Waals surface area (Å²) in [4.78, 5) is 26.2. The number of carbonyl (C=O) groups excluding carboxylic acids is 2. The summed E-state index contributed by atoms with van der Waals surface area (Å²) >= 11 is 0. The first kappa shape index (κ1) is 17.4. The number of hydrogen-bond acceptors (Lipinski definition) is 7. The Labute approximate surface area is 167 Å². The number of fused-ring (bicyclic) bond motifs is 2. The summed E-state index contributed by atoms with van der Waals surface area (Å²) in [6.07, 6.45) is 0.591. The lowest BCUT2D eigenvalue weighted by Crippen LogP contribution is -2.50. The smallest absolute Gasteiger partial charge is 0.405 e. The van der Waals surface area contributed by atoms with E-state index >= 15 is 0 Å². The fourth-order valence-electron chi connectivity index (χ4n) is 3.57. The van der Waals surface area contributed by atoms with Crippen LogP contribution in [0, 0.1) is 10.4 Å². The van der Waals surface area contributed by atoms with Gasteiger partial charge in [0.25, 0.3) is 18.1 Å². The standard InChI is InChI=1S/C19H11N5O6/c25-16-10-5-1-2-6-11(10)17(26)22(16)14-15(24(30)20-9-21(14)29)23-18(27)12-7-3-4-8-13(12)19(23)28/h1-9,25-26H. The molecule has 11 heteroatoms. The van der Waals surface area contributed by atoms with Crippen LogP contribution in [0.4, 0.5) is 5.82 Å². The molecule has 0 saturated heterocycles. The molecule has 2 amide bonds. The number of nitrogens with zero attached hydrogens (tertiary/aromatic N) is 5. The minimum Gasteiger partial charge on any atom is -0.740 e. The van der Waals surface area contributed by atoms with Gasteiger partial charge in [-0.25, -0.2) is 14.3 Å². The molecule has 2 aromatic carbocycles. The van der Waals surface area contributed by atoms with Gasteiger partial charge in [-0.05, 0) is 24.3 Å². The summed E-state index contributed by atoms with van der Waals surface area (Å²) in [5.41, 5.74) is 0.0849. The number of aromatic nitrogens is 4. The number of rotatable bonds is 2. The summed E-state index contributed by atoms with van der Waals surface area (Å²) < 4.78 is 0.762. The zero-order valence-corrected chi connectivity index (χ0v) is 15.0. The monoisotopic (exact) mass is 405 g/mol. The minimum atomic E-state index is -0.842. The number of benzene rings is 2. The van der Waals surface area contributed by atoms with Crippen LogP contribution in [0.25, 0.3) is 16.6 Å². The van der Waals surface area contributed by atoms with E-state index in [9.17, 15) is 30.2 Å². The van der Waals surface area contributed by atoms with Gasteiger partial charge in [-0.15, -0.1) is 4.90 Å². The van der Waals surface area contributed by atoms with Gasteiger partial charge in [-0.1, -0.05) is 29.1 Å². The first-order chi connectivity index (χ1) is 14.4. The summed E-state index contributed by atoms with van der Waals surface area (Å²) in [6.45, 7) is 0. The average molecular weight is 405 g/mol. The highest BCUT2D eigenvalue weighted by molar-refractivity contribution is 6.34. The van der Waals surface area contributed by atoms with Gasteiger partial charge in [0.2, 0.25) is 0 Å². The van der Waals surface area contributed by atoms with Gasteiger partial charge in [0.15, 0.2) is 0 Å². The predicted molar refractivity (Wildman–Crippen MR) is 99.9 cm³/mol. The summed E-state index contributed by atoms with van der Waals surface area (Å²) in [6, 6.07) is 12.1. The second kappa shape index (κ2) is 5.91. The molecule has 0 spiro atoms. The summed E-state index contributed by atoms with van der Waals surface area (Å²) in [5, 5.41) is 50.2. The number of carbonyl (C=O) groups is 2. The largest absolute Gasteiger partial charge is 0.740 e. The lowest BCUT2D eigenvalue weighted by Gasteiger charge is -2.16. The van der Waals surface area contributed by atoms with Crippen LogP contribution < -0.4 is 14.5 Å². The highest BCUT2D eigenvalue weighted by atomic mass is 16.5. The maximum atomic E-state index is 12.9. The molecule has 0 atom stereocenters. The van der Waals surface area contributed by atoms with E-state index in [1.54, 1.807) is 24.3 Å². The molecule has 0 unspecified atom stereocenters. The van der Waals surface area contributed by atoms with E-state index in [2.05, 4.69) is 5.10 Å². The van der Waals surface area contributed by atoms with Crippen molar-refractivity contribution in [2.24, 2.45) is 0 Å². The fourth-order valence-corrected chi connectivity index (χ4v) is 3.57. The van der Waals surface area contributed by atoms with Crippen LogP contribution in [0.2, 0.25) is 0 Å². The van der Waals surface area contributed by atoms with E-state index in [0.29, 0.717) is 15.8 Å². The lowest BCUT2D eigenvalue weighted by molar-refractivity contribution is -0.699. The molecule has 0 bridgehead atoms. The average Bonchev–Trinajstić information content (AvgIpc) is 3.15. The molecule has 4 aromatic rings. The van der Waals surface area contributed by atoms with E-state index in [1.165, 1.54) is 24.3 Å². The molecule has 2 aromatic heterocycles. The number of aromatic hydroxyl groups is 2. The highest BCUT2D eigenvalue weighted by Gasteiger charge is 2.49. The van der Waals surface area contributed by atoms with E-state index in [4.69, 9.17) is 0 Å². The van der Waals surface area contributed by atoms with Crippen molar-refractivity contribution in [1.82, 2.24) is 9.67 Å². The van der Waals surface area contributed by atoms with Crippen molar-refractivity contribution in [2.75, 3.05) is 4.90 Å². The first-order valence-electron chi connectivity index (χ1n) is 8.63. The number of amides is 2. The third kappa shape index (κ3) is 2.11. The molecule has 0 radical (unpaired) electrons. The number of anilines is 1. The van der Waals surface area contributed by atoms with Crippen LogP contribution in [0.3, 0.4) is 0 Å². The lowest BCUT2D eigenvalue weighted by atomic mass is 10.1. The zero-order valence-electron chi connectivity index (χ0n) is 15.0. The van der Waals surface area contributed by atoms with Crippen molar-refractivity contribution in [3.63, 3.8) is 0 Å². The molecular formula is C19H11N5O6. The highest BCUT2D eigenvalue weighted by Crippen LogP contribution is 2.40. The third-order valence-corrected chi connectivity index (χ3v) is 4.90. The molecule has 0 saturated carbocycles. The Bertz CT molecular complexity index is 1320. The van der Waals surface area contributed by atoms with E-state index in [0.717, 1.165) is 0 Å². The molecule has 11 nitrogen and oxygen atoms in total. The normalized spacial score (nSPS) is 13.3. The molecule has 0 fully saturated rings. The van der Waals surface area contributed by atoms with Gasteiger partial charge < -0.3 is 20.6 Å². The van der Waals surface area contributed by atoms with Gasteiger partial charge in [0.1, 0.15) is 0 Å². The SMILES string of the molecule is O=C1c2ccccc2C(=O)N1c1c(-n2c(O)c3ccccc3c2O)[n+]([O-])cn[n+]1[O-]. The summed E-state index contributed by atoms with van der Waals surface area (Å²) in [5.74, 6) is -4.23. The molecule has 5 rings (SSSR count).